The van der Waals surface area contributed by atoms with Crippen molar-refractivity contribution in [3.8, 4) is 18.2 Å². The molecule has 0 aliphatic rings. The van der Waals surface area contributed by atoms with Gasteiger partial charge in [-0.15, -0.1) is 0 Å². The van der Waals surface area contributed by atoms with Crippen LogP contribution in [0.4, 0.5) is 10.1 Å². The molecule has 1 aromatic carbocycles. The monoisotopic (exact) mass is 368 g/mol. The van der Waals surface area contributed by atoms with Gasteiger partial charge in [0.15, 0.2) is 5.57 Å². The van der Waals surface area contributed by atoms with Crippen LogP contribution in [-0.4, -0.2) is 0 Å². The SMILES string of the molecule is N#CC(C#N)=C(C#N)Nc1c(Br)cc(F)cc1Br. The van der Waals surface area contributed by atoms with E-state index in [4.69, 9.17) is 15.8 Å². The molecule has 7 heteroatoms. The zero-order valence-corrected chi connectivity index (χ0v) is 11.8. The second-order valence-electron chi connectivity index (χ2n) is 2.95. The summed E-state index contributed by atoms with van der Waals surface area (Å²) in [4.78, 5) is 0. The molecule has 0 spiro atoms. The quantitative estimate of drug-likeness (QED) is 0.807. The Hall–Kier alpha value is -1.88. The molecular formula is C11H3Br2FN4. The third-order valence-corrected chi connectivity index (χ3v) is 3.09. The van der Waals surface area contributed by atoms with Crippen molar-refractivity contribution >= 4 is 37.5 Å². The van der Waals surface area contributed by atoms with Crippen LogP contribution >= 0.6 is 31.9 Å². The first-order valence-corrected chi connectivity index (χ1v) is 5.98. The molecule has 0 fully saturated rings. The molecule has 1 aromatic rings. The Morgan fingerprint density at radius 1 is 1.06 bits per heavy atom. The Morgan fingerprint density at radius 2 is 1.56 bits per heavy atom. The third kappa shape index (κ3) is 3.07. The number of rotatable bonds is 2. The summed E-state index contributed by atoms with van der Waals surface area (Å²) < 4.78 is 13.8. The van der Waals surface area contributed by atoms with Gasteiger partial charge < -0.3 is 5.32 Å². The van der Waals surface area contributed by atoms with Crippen molar-refractivity contribution in [3.05, 3.63) is 38.2 Å². The van der Waals surface area contributed by atoms with Crippen molar-refractivity contribution in [2.45, 2.75) is 0 Å². The van der Waals surface area contributed by atoms with Crippen molar-refractivity contribution in [2.24, 2.45) is 0 Å². The molecule has 1 rings (SSSR count). The predicted octanol–water partition coefficient (Wildman–Crippen LogP) is 3.59. The summed E-state index contributed by atoms with van der Waals surface area (Å²) in [6.45, 7) is 0. The minimum absolute atomic E-state index is 0.201. The average molecular weight is 370 g/mol. The molecule has 0 atom stereocenters. The third-order valence-electron chi connectivity index (χ3n) is 1.84. The molecular weight excluding hydrogens is 367 g/mol. The van der Waals surface area contributed by atoms with Gasteiger partial charge in [-0.2, -0.15) is 15.8 Å². The van der Waals surface area contributed by atoms with Crippen LogP contribution in [-0.2, 0) is 0 Å². The largest absolute Gasteiger partial charge is 0.343 e. The minimum atomic E-state index is -0.470. The zero-order valence-electron chi connectivity index (χ0n) is 8.63. The van der Waals surface area contributed by atoms with Gasteiger partial charge in [-0.3, -0.25) is 0 Å². The van der Waals surface area contributed by atoms with E-state index in [0.717, 1.165) is 0 Å². The normalized spacial score (nSPS) is 8.67. The van der Waals surface area contributed by atoms with E-state index in [-0.39, 0.29) is 11.3 Å². The number of nitriles is 3. The van der Waals surface area contributed by atoms with E-state index in [0.29, 0.717) is 14.6 Å². The molecule has 1 N–H and O–H groups in total. The highest BCUT2D eigenvalue weighted by Gasteiger charge is 2.12. The van der Waals surface area contributed by atoms with E-state index < -0.39 is 5.82 Å². The molecule has 88 valence electrons. The number of hydrogen-bond donors (Lipinski definition) is 1. The van der Waals surface area contributed by atoms with Crippen LogP contribution in [0.5, 0.6) is 0 Å². The van der Waals surface area contributed by atoms with Crippen molar-refractivity contribution in [1.82, 2.24) is 0 Å². The fraction of sp³-hybridized carbons (Fsp3) is 0. The van der Waals surface area contributed by atoms with Crippen molar-refractivity contribution < 1.29 is 4.39 Å². The number of nitrogens with zero attached hydrogens (tertiary/aromatic N) is 3. The Balaban J connectivity index is 3.30. The van der Waals surface area contributed by atoms with Crippen LogP contribution in [0.2, 0.25) is 0 Å². The predicted molar refractivity (Wildman–Crippen MR) is 69.3 cm³/mol. The molecule has 0 amide bonds. The highest BCUT2D eigenvalue weighted by Crippen LogP contribution is 2.33. The molecule has 0 unspecified atom stereocenters. The number of halogens is 3. The molecule has 0 bridgehead atoms. The first-order valence-electron chi connectivity index (χ1n) is 4.39. The smallest absolute Gasteiger partial charge is 0.163 e. The van der Waals surface area contributed by atoms with E-state index in [2.05, 4.69) is 37.2 Å². The molecule has 0 radical (unpaired) electrons. The number of anilines is 1. The standard InChI is InChI=1S/C11H3Br2FN4/c12-8-1-7(14)2-9(13)11(8)18-10(5-17)6(3-15)4-16/h1-2,18H. The molecule has 4 nitrogen and oxygen atoms in total. The van der Waals surface area contributed by atoms with Gasteiger partial charge in [-0.05, 0) is 44.0 Å². The topological polar surface area (TPSA) is 83.4 Å². The lowest BCUT2D eigenvalue weighted by Crippen LogP contribution is -2.02. The lowest BCUT2D eigenvalue weighted by atomic mass is 10.2. The van der Waals surface area contributed by atoms with Crippen molar-refractivity contribution in [3.63, 3.8) is 0 Å². The van der Waals surface area contributed by atoms with Gasteiger partial charge in [-0.25, -0.2) is 4.39 Å². The molecule has 0 saturated carbocycles. The first kappa shape index (κ1) is 14.2. The van der Waals surface area contributed by atoms with E-state index in [1.165, 1.54) is 12.1 Å². The second-order valence-corrected chi connectivity index (χ2v) is 4.66. The van der Waals surface area contributed by atoms with Crippen LogP contribution in [0.25, 0.3) is 0 Å². The average Bonchev–Trinajstić information content (AvgIpc) is 2.32. The second kappa shape index (κ2) is 6.16. The van der Waals surface area contributed by atoms with E-state index in [1.54, 1.807) is 18.2 Å². The summed E-state index contributed by atoms with van der Waals surface area (Å²) >= 11 is 6.24. The fourth-order valence-corrected chi connectivity index (χ4v) is 2.40. The van der Waals surface area contributed by atoms with Crippen LogP contribution in [0.1, 0.15) is 0 Å². The van der Waals surface area contributed by atoms with Gasteiger partial charge in [0.1, 0.15) is 29.7 Å². The van der Waals surface area contributed by atoms with Crippen molar-refractivity contribution in [1.29, 1.82) is 15.8 Å². The van der Waals surface area contributed by atoms with Gasteiger partial charge >= 0.3 is 0 Å². The molecule has 0 aliphatic heterocycles. The van der Waals surface area contributed by atoms with E-state index in [9.17, 15) is 4.39 Å². The Kier molecular flexibility index (Phi) is 4.85. The highest BCUT2D eigenvalue weighted by molar-refractivity contribution is 9.11. The summed E-state index contributed by atoms with van der Waals surface area (Å²) in [6, 6.07) is 7.30. The molecule has 0 saturated heterocycles. The van der Waals surface area contributed by atoms with Gasteiger partial charge in [0.2, 0.25) is 0 Å². The van der Waals surface area contributed by atoms with Gasteiger partial charge in [0, 0.05) is 8.95 Å². The number of allylic oxidation sites excluding steroid dienone is 2. The summed E-state index contributed by atoms with van der Waals surface area (Å²) in [5.41, 5.74) is -0.190. The maximum absolute atomic E-state index is 13.0. The molecule has 0 heterocycles. The Labute approximate surface area is 119 Å². The summed E-state index contributed by atoms with van der Waals surface area (Å²) in [7, 11) is 0. The maximum atomic E-state index is 13.0. The van der Waals surface area contributed by atoms with Crippen LogP contribution in [0.15, 0.2) is 32.3 Å². The van der Waals surface area contributed by atoms with E-state index >= 15 is 0 Å². The van der Waals surface area contributed by atoms with Gasteiger partial charge in [0.05, 0.1) is 5.69 Å². The first-order chi connectivity index (χ1) is 8.53. The Morgan fingerprint density at radius 3 is 1.94 bits per heavy atom. The number of benzene rings is 1. The van der Waals surface area contributed by atoms with E-state index in [1.807, 2.05) is 0 Å². The number of nitrogens with one attached hydrogen (secondary N) is 1. The zero-order chi connectivity index (χ0) is 13.7. The Bertz CT molecular complexity index is 607. The molecule has 0 aromatic heterocycles. The summed E-state index contributed by atoms with van der Waals surface area (Å²) in [6.07, 6.45) is 0. The summed E-state index contributed by atoms with van der Waals surface area (Å²) in [5, 5.41) is 28.9. The molecule has 18 heavy (non-hydrogen) atoms. The van der Waals surface area contributed by atoms with Crippen molar-refractivity contribution in [2.75, 3.05) is 5.32 Å². The lowest BCUT2D eigenvalue weighted by Gasteiger charge is -2.09. The van der Waals surface area contributed by atoms with Gasteiger partial charge in [-0.1, -0.05) is 0 Å². The van der Waals surface area contributed by atoms with Gasteiger partial charge in [0.25, 0.3) is 0 Å². The van der Waals surface area contributed by atoms with Crippen LogP contribution in [0.3, 0.4) is 0 Å². The minimum Gasteiger partial charge on any atom is -0.343 e. The summed E-state index contributed by atoms with van der Waals surface area (Å²) in [5.74, 6) is -0.470. The number of hydrogen-bond acceptors (Lipinski definition) is 4. The van der Waals surface area contributed by atoms with Crippen LogP contribution < -0.4 is 5.32 Å². The van der Waals surface area contributed by atoms with Crippen LogP contribution in [0, 0.1) is 39.8 Å². The highest BCUT2D eigenvalue weighted by atomic mass is 79.9. The fourth-order valence-electron chi connectivity index (χ4n) is 1.07. The maximum Gasteiger partial charge on any atom is 0.163 e. The molecule has 0 aliphatic carbocycles. The lowest BCUT2D eigenvalue weighted by molar-refractivity contribution is 0.626.